The summed E-state index contributed by atoms with van der Waals surface area (Å²) in [6.07, 6.45) is 0.757. The van der Waals surface area contributed by atoms with Gasteiger partial charge in [-0.3, -0.25) is 14.3 Å². The lowest BCUT2D eigenvalue weighted by atomic mass is 9.80. The third-order valence-electron chi connectivity index (χ3n) is 4.12. The van der Waals surface area contributed by atoms with Crippen LogP contribution in [-0.2, 0) is 9.59 Å². The summed E-state index contributed by atoms with van der Waals surface area (Å²) in [5, 5.41) is 11.3. The Balaban J connectivity index is 2.70. The zero-order valence-electron chi connectivity index (χ0n) is 11.4. The molecule has 1 fully saturated rings. The molecule has 0 aromatic rings. The molecule has 0 spiro atoms. The number of carboxylic acids is 1. The van der Waals surface area contributed by atoms with Crippen LogP contribution in [0.4, 0.5) is 0 Å². The maximum atomic E-state index is 12.1. The van der Waals surface area contributed by atoms with Crippen molar-refractivity contribution in [3.63, 3.8) is 0 Å². The lowest BCUT2D eigenvalue weighted by Crippen LogP contribution is -2.55. The first kappa shape index (κ1) is 15.4. The Hall–Kier alpha value is -0.670. The van der Waals surface area contributed by atoms with E-state index >= 15 is 0 Å². The van der Waals surface area contributed by atoms with Crippen LogP contribution in [0.25, 0.3) is 0 Å². The number of nitrogens with one attached hydrogen (secondary N) is 1. The van der Waals surface area contributed by atoms with Crippen LogP contribution in [0.2, 0.25) is 0 Å². The van der Waals surface area contributed by atoms with Crippen molar-refractivity contribution < 1.29 is 14.7 Å². The molecule has 1 amide bonds. The van der Waals surface area contributed by atoms with Crippen molar-refractivity contribution in [3.05, 3.63) is 0 Å². The van der Waals surface area contributed by atoms with Gasteiger partial charge >= 0.3 is 5.97 Å². The summed E-state index contributed by atoms with van der Waals surface area (Å²) in [7, 11) is 2.60. The summed E-state index contributed by atoms with van der Waals surface area (Å²) in [6.45, 7) is 7.89. The fourth-order valence-electron chi connectivity index (χ4n) is 2.33. The van der Waals surface area contributed by atoms with E-state index in [1.165, 1.54) is 6.92 Å². The molecule has 2 N–H and O–H groups in total. The van der Waals surface area contributed by atoms with Crippen molar-refractivity contribution in [2.24, 2.45) is 11.8 Å². The minimum absolute atomic E-state index is 0.203. The molecule has 6 heteroatoms. The molecule has 1 aliphatic rings. The first-order valence-electron chi connectivity index (χ1n) is 6.32. The molecule has 104 valence electrons. The first-order chi connectivity index (χ1) is 8.25. The first-order valence-corrected chi connectivity index (χ1v) is 6.83. The summed E-state index contributed by atoms with van der Waals surface area (Å²) in [5.41, 5.74) is 0. The topological polar surface area (TPSA) is 69.6 Å². The molecule has 0 radical (unpaired) electrons. The fourth-order valence-corrected chi connectivity index (χ4v) is 2.86. The smallest absolute Gasteiger partial charge is 0.325 e. The average Bonchev–Trinajstić information content (AvgIpc) is 2.30. The quantitative estimate of drug-likeness (QED) is 0.756. The monoisotopic (exact) mass is 274 g/mol. The molecule has 0 aromatic carbocycles. The second-order valence-corrected chi connectivity index (χ2v) is 5.94. The molecule has 18 heavy (non-hydrogen) atoms. The van der Waals surface area contributed by atoms with Crippen LogP contribution < -0.4 is 5.32 Å². The highest BCUT2D eigenvalue weighted by Gasteiger charge is 2.38. The summed E-state index contributed by atoms with van der Waals surface area (Å²) in [6, 6.07) is -0.825. The normalized spacial score (nSPS) is 34.9. The molecular formula is C12H23N2O3P. The van der Waals surface area contributed by atoms with Gasteiger partial charge in [0.05, 0.1) is 6.04 Å². The fraction of sp³-hybridized carbons (Fsp3) is 0.833. The lowest BCUT2D eigenvalue weighted by Gasteiger charge is -2.44. The number of nitrogens with zero attached hydrogens (tertiary/aromatic N) is 1. The number of amides is 1. The van der Waals surface area contributed by atoms with Crippen LogP contribution in [0.15, 0.2) is 0 Å². The van der Waals surface area contributed by atoms with E-state index in [0.717, 1.165) is 6.42 Å². The highest BCUT2D eigenvalue weighted by Crippen LogP contribution is 2.34. The van der Waals surface area contributed by atoms with Crippen LogP contribution in [0.3, 0.4) is 0 Å². The van der Waals surface area contributed by atoms with Gasteiger partial charge in [0, 0.05) is 6.04 Å². The molecule has 6 unspecified atom stereocenters. The van der Waals surface area contributed by atoms with E-state index in [2.05, 4.69) is 35.5 Å². The van der Waals surface area contributed by atoms with E-state index < -0.39 is 12.0 Å². The number of hydrogen-bond donors (Lipinski definition) is 2. The van der Waals surface area contributed by atoms with Gasteiger partial charge in [-0.2, -0.15) is 0 Å². The van der Waals surface area contributed by atoms with Gasteiger partial charge in [-0.1, -0.05) is 23.2 Å². The number of carbonyl (C=O) groups is 2. The van der Waals surface area contributed by atoms with Crippen LogP contribution in [0.5, 0.6) is 0 Å². The van der Waals surface area contributed by atoms with Crippen molar-refractivity contribution in [2.45, 2.75) is 52.2 Å². The minimum atomic E-state index is -1.01. The molecule has 1 rings (SSSR count). The largest absolute Gasteiger partial charge is 0.480 e. The zero-order chi connectivity index (χ0) is 14.0. The molecule has 6 atom stereocenters. The van der Waals surface area contributed by atoms with E-state index in [1.807, 2.05) is 4.67 Å². The van der Waals surface area contributed by atoms with Gasteiger partial charge in [-0.15, -0.1) is 0 Å². The van der Waals surface area contributed by atoms with Gasteiger partial charge in [-0.25, -0.2) is 0 Å². The van der Waals surface area contributed by atoms with Gasteiger partial charge in [0.15, 0.2) is 0 Å². The van der Waals surface area contributed by atoms with E-state index in [1.54, 1.807) is 0 Å². The third-order valence-corrected chi connectivity index (χ3v) is 4.95. The molecule has 1 saturated heterocycles. The Morgan fingerprint density at radius 3 is 2.44 bits per heavy atom. The highest BCUT2D eigenvalue weighted by molar-refractivity contribution is 7.13. The molecule has 1 aliphatic heterocycles. The van der Waals surface area contributed by atoms with Crippen LogP contribution >= 0.6 is 9.39 Å². The van der Waals surface area contributed by atoms with Crippen molar-refractivity contribution >= 4 is 21.3 Å². The highest BCUT2D eigenvalue weighted by atomic mass is 31.0. The standard InChI is InChI=1S/C12H23N2O3P/c1-6-5-10(14(18)9(4)7(6)2)11(15)13-8(3)12(16)17/h6-10H,5,18H2,1-4H3,(H,13,15)(H,16,17). The van der Waals surface area contributed by atoms with Crippen molar-refractivity contribution in [2.75, 3.05) is 0 Å². The predicted octanol–water partition coefficient (Wildman–Crippen LogP) is 1.10. The number of aliphatic carboxylic acids is 1. The maximum absolute atomic E-state index is 12.1. The van der Waals surface area contributed by atoms with Crippen molar-refractivity contribution in [1.29, 1.82) is 0 Å². The van der Waals surface area contributed by atoms with Gasteiger partial charge in [0.25, 0.3) is 0 Å². The number of piperidine rings is 1. The zero-order valence-corrected chi connectivity index (χ0v) is 12.5. The summed E-state index contributed by atoms with van der Waals surface area (Å²) in [5.74, 6) is -0.245. The van der Waals surface area contributed by atoms with E-state index in [9.17, 15) is 9.59 Å². The van der Waals surface area contributed by atoms with Crippen molar-refractivity contribution in [3.8, 4) is 0 Å². The van der Waals surface area contributed by atoms with Gasteiger partial charge < -0.3 is 10.4 Å². The van der Waals surface area contributed by atoms with Gasteiger partial charge in [-0.05, 0) is 32.1 Å². The molecule has 1 heterocycles. The maximum Gasteiger partial charge on any atom is 0.325 e. The summed E-state index contributed by atoms with van der Waals surface area (Å²) in [4.78, 5) is 22.8. The van der Waals surface area contributed by atoms with Crippen molar-refractivity contribution in [1.82, 2.24) is 9.99 Å². The lowest BCUT2D eigenvalue weighted by molar-refractivity contribution is -0.142. The summed E-state index contributed by atoms with van der Waals surface area (Å²) >= 11 is 0. The second kappa shape index (κ2) is 5.98. The molecule has 0 aromatic heterocycles. The average molecular weight is 274 g/mol. The molecule has 0 saturated carbocycles. The third kappa shape index (κ3) is 3.21. The Morgan fingerprint density at radius 2 is 1.94 bits per heavy atom. The minimum Gasteiger partial charge on any atom is -0.480 e. The summed E-state index contributed by atoms with van der Waals surface area (Å²) < 4.78 is 1.97. The number of rotatable bonds is 3. The predicted molar refractivity (Wildman–Crippen MR) is 73.0 cm³/mol. The SMILES string of the molecule is CC(NC(=O)C1CC(C)C(C)C(C)N1P)C(=O)O. The Morgan fingerprint density at radius 1 is 1.39 bits per heavy atom. The molecule has 0 aliphatic carbocycles. The molecule has 0 bridgehead atoms. The number of carboxylic acid groups (broad SMARTS) is 1. The Labute approximate surface area is 111 Å². The van der Waals surface area contributed by atoms with Crippen LogP contribution in [0.1, 0.15) is 34.1 Å². The van der Waals surface area contributed by atoms with E-state index in [0.29, 0.717) is 11.8 Å². The molecular weight excluding hydrogens is 251 g/mol. The van der Waals surface area contributed by atoms with Gasteiger partial charge in [0.2, 0.25) is 5.91 Å². The number of carbonyl (C=O) groups excluding carboxylic acids is 1. The van der Waals surface area contributed by atoms with E-state index in [4.69, 9.17) is 5.11 Å². The Kier molecular flexibility index (Phi) is 5.11. The molecule has 5 nitrogen and oxygen atoms in total. The second-order valence-electron chi connectivity index (χ2n) is 5.34. The van der Waals surface area contributed by atoms with Crippen LogP contribution in [-0.4, -0.2) is 39.8 Å². The van der Waals surface area contributed by atoms with Gasteiger partial charge in [0.1, 0.15) is 6.04 Å². The Bertz CT molecular complexity index is 337. The van der Waals surface area contributed by atoms with E-state index in [-0.39, 0.29) is 18.0 Å². The number of hydrogen-bond acceptors (Lipinski definition) is 3. The van der Waals surface area contributed by atoms with Crippen LogP contribution in [0, 0.1) is 11.8 Å².